The lowest BCUT2D eigenvalue weighted by atomic mass is 10.1. The molecule has 0 amide bonds. The van der Waals surface area contributed by atoms with Gasteiger partial charge in [0.05, 0.1) is 4.90 Å². The fraction of sp³-hybridized carbons (Fsp3) is 0.143. The Hall–Kier alpha value is -1.31. The first-order valence-electron chi connectivity index (χ1n) is 6.03. The molecule has 21 heavy (non-hydrogen) atoms. The molecule has 2 aromatic rings. The van der Waals surface area contributed by atoms with Crippen LogP contribution >= 0.6 is 15.9 Å². The van der Waals surface area contributed by atoms with Crippen LogP contribution in [0.4, 0.5) is 8.78 Å². The van der Waals surface area contributed by atoms with Crippen molar-refractivity contribution in [2.24, 2.45) is 0 Å². The van der Waals surface area contributed by atoms with Crippen molar-refractivity contribution in [1.82, 2.24) is 4.72 Å². The first-order chi connectivity index (χ1) is 9.81. The van der Waals surface area contributed by atoms with Crippen LogP contribution in [0.1, 0.15) is 18.5 Å². The van der Waals surface area contributed by atoms with Crippen LogP contribution in [-0.4, -0.2) is 8.42 Å². The molecule has 112 valence electrons. The Morgan fingerprint density at radius 2 is 1.76 bits per heavy atom. The third kappa shape index (κ3) is 3.66. The van der Waals surface area contributed by atoms with E-state index in [2.05, 4.69) is 20.7 Å². The van der Waals surface area contributed by atoms with Crippen LogP contribution in [0.15, 0.2) is 51.8 Å². The van der Waals surface area contributed by atoms with Crippen molar-refractivity contribution in [3.8, 4) is 0 Å². The van der Waals surface area contributed by atoms with Gasteiger partial charge in [-0.05, 0) is 52.7 Å². The van der Waals surface area contributed by atoms with Gasteiger partial charge in [-0.25, -0.2) is 21.9 Å². The Balaban J connectivity index is 2.28. The van der Waals surface area contributed by atoms with E-state index >= 15 is 0 Å². The Morgan fingerprint density at radius 1 is 1.10 bits per heavy atom. The predicted octanol–water partition coefficient (Wildman–Crippen LogP) is 3.77. The molecule has 0 fully saturated rings. The lowest BCUT2D eigenvalue weighted by Gasteiger charge is -2.15. The minimum atomic E-state index is -3.77. The summed E-state index contributed by atoms with van der Waals surface area (Å²) >= 11 is 3.17. The second-order valence-corrected chi connectivity index (χ2v) is 6.98. The van der Waals surface area contributed by atoms with Crippen molar-refractivity contribution in [3.63, 3.8) is 0 Å². The summed E-state index contributed by atoms with van der Waals surface area (Å²) in [6, 6.07) is 8.93. The lowest BCUT2D eigenvalue weighted by Crippen LogP contribution is -2.27. The van der Waals surface area contributed by atoms with Gasteiger partial charge in [-0.2, -0.15) is 0 Å². The molecular formula is C14H12BrF2NO2S. The summed E-state index contributed by atoms with van der Waals surface area (Å²) in [5.41, 5.74) is 0.338. The van der Waals surface area contributed by atoms with Gasteiger partial charge in [-0.3, -0.25) is 0 Å². The summed E-state index contributed by atoms with van der Waals surface area (Å²) < 4.78 is 53.5. The van der Waals surface area contributed by atoms with E-state index in [-0.39, 0.29) is 4.90 Å². The molecule has 0 saturated heterocycles. The molecule has 2 aromatic carbocycles. The minimum absolute atomic E-state index is 0.0828. The van der Waals surface area contributed by atoms with Crippen LogP contribution in [0.25, 0.3) is 0 Å². The van der Waals surface area contributed by atoms with Gasteiger partial charge in [-0.15, -0.1) is 0 Å². The number of sulfonamides is 1. The van der Waals surface area contributed by atoms with Crippen LogP contribution < -0.4 is 4.72 Å². The molecule has 0 aliphatic heterocycles. The summed E-state index contributed by atoms with van der Waals surface area (Å²) in [5, 5.41) is 0. The second kappa shape index (κ2) is 6.21. The van der Waals surface area contributed by atoms with Gasteiger partial charge in [-0.1, -0.05) is 18.2 Å². The molecule has 0 bridgehead atoms. The third-order valence-corrected chi connectivity index (χ3v) is 5.45. The number of hydrogen-bond donors (Lipinski definition) is 1. The van der Waals surface area contributed by atoms with Crippen LogP contribution in [0.5, 0.6) is 0 Å². The largest absolute Gasteiger partial charge is 0.242 e. The van der Waals surface area contributed by atoms with Crippen LogP contribution in [0, 0.1) is 11.6 Å². The van der Waals surface area contributed by atoms with Crippen LogP contribution in [-0.2, 0) is 10.0 Å². The fourth-order valence-corrected chi connectivity index (χ4v) is 4.04. The van der Waals surface area contributed by atoms with Crippen molar-refractivity contribution in [3.05, 3.63) is 64.1 Å². The molecule has 0 aromatic heterocycles. The number of rotatable bonds is 4. The van der Waals surface area contributed by atoms with E-state index in [0.717, 1.165) is 12.1 Å². The maximum atomic E-state index is 13.2. The Labute approximate surface area is 130 Å². The van der Waals surface area contributed by atoms with Crippen molar-refractivity contribution in [1.29, 1.82) is 0 Å². The zero-order chi connectivity index (χ0) is 15.6. The lowest BCUT2D eigenvalue weighted by molar-refractivity contribution is 0.504. The van der Waals surface area contributed by atoms with Crippen molar-refractivity contribution >= 4 is 26.0 Å². The van der Waals surface area contributed by atoms with Crippen molar-refractivity contribution in [2.75, 3.05) is 0 Å². The first kappa shape index (κ1) is 16.1. The number of nitrogens with one attached hydrogen (secondary N) is 1. The highest BCUT2D eigenvalue weighted by atomic mass is 79.9. The molecule has 0 spiro atoms. The van der Waals surface area contributed by atoms with Gasteiger partial charge in [0.25, 0.3) is 0 Å². The molecule has 0 radical (unpaired) electrons. The predicted molar refractivity (Wildman–Crippen MR) is 79.2 cm³/mol. The number of halogens is 3. The molecule has 2 rings (SSSR count). The van der Waals surface area contributed by atoms with E-state index < -0.39 is 27.7 Å². The standard InChI is InChI=1S/C14H12BrF2NO2S/c1-9(10-6-7-12(16)13(17)8-10)18-21(19,20)14-5-3-2-4-11(14)15/h2-9,18H,1H3/t9-/m1/s1. The summed E-state index contributed by atoms with van der Waals surface area (Å²) in [7, 11) is -3.77. The molecule has 0 aliphatic rings. The minimum Gasteiger partial charge on any atom is -0.207 e. The molecule has 0 unspecified atom stereocenters. The van der Waals surface area contributed by atoms with E-state index in [0.29, 0.717) is 10.0 Å². The zero-order valence-electron chi connectivity index (χ0n) is 11.0. The van der Waals surface area contributed by atoms with E-state index in [1.165, 1.54) is 12.1 Å². The maximum absolute atomic E-state index is 13.2. The highest BCUT2D eigenvalue weighted by Crippen LogP contribution is 2.24. The summed E-state index contributed by atoms with van der Waals surface area (Å²) in [5.74, 6) is -1.99. The molecule has 1 N–H and O–H groups in total. The Bertz CT molecular complexity index is 765. The van der Waals surface area contributed by atoms with Gasteiger partial charge in [0.15, 0.2) is 11.6 Å². The first-order valence-corrected chi connectivity index (χ1v) is 8.30. The average Bonchev–Trinajstić information content (AvgIpc) is 2.41. The summed E-state index contributed by atoms with van der Waals surface area (Å²) in [6.07, 6.45) is 0. The average molecular weight is 376 g/mol. The zero-order valence-corrected chi connectivity index (χ0v) is 13.4. The van der Waals surface area contributed by atoms with Crippen molar-refractivity contribution < 1.29 is 17.2 Å². The highest BCUT2D eigenvalue weighted by molar-refractivity contribution is 9.10. The Kier molecular flexibility index (Phi) is 4.75. The molecule has 3 nitrogen and oxygen atoms in total. The third-order valence-electron chi connectivity index (χ3n) is 2.90. The van der Waals surface area contributed by atoms with Gasteiger partial charge in [0, 0.05) is 10.5 Å². The molecule has 7 heteroatoms. The molecule has 0 aliphatic carbocycles. The molecular weight excluding hydrogens is 364 g/mol. The highest BCUT2D eigenvalue weighted by Gasteiger charge is 2.21. The van der Waals surface area contributed by atoms with E-state index in [1.54, 1.807) is 25.1 Å². The maximum Gasteiger partial charge on any atom is 0.242 e. The number of benzene rings is 2. The van der Waals surface area contributed by atoms with E-state index in [1.807, 2.05) is 0 Å². The fourth-order valence-electron chi connectivity index (χ4n) is 1.81. The quantitative estimate of drug-likeness (QED) is 0.883. The van der Waals surface area contributed by atoms with Gasteiger partial charge in [0.1, 0.15) is 0 Å². The summed E-state index contributed by atoms with van der Waals surface area (Å²) in [6.45, 7) is 1.56. The van der Waals surface area contributed by atoms with Gasteiger partial charge in [0.2, 0.25) is 10.0 Å². The Morgan fingerprint density at radius 3 is 2.38 bits per heavy atom. The SMILES string of the molecule is C[C@@H](NS(=O)(=O)c1ccccc1Br)c1ccc(F)c(F)c1. The van der Waals surface area contributed by atoms with Gasteiger partial charge < -0.3 is 0 Å². The van der Waals surface area contributed by atoms with Gasteiger partial charge >= 0.3 is 0 Å². The molecule has 0 heterocycles. The normalized spacial score (nSPS) is 13.1. The summed E-state index contributed by atoms with van der Waals surface area (Å²) in [4.78, 5) is 0.0828. The van der Waals surface area contributed by atoms with Crippen LogP contribution in [0.3, 0.4) is 0 Å². The smallest absolute Gasteiger partial charge is 0.207 e. The molecule has 0 saturated carbocycles. The topological polar surface area (TPSA) is 46.2 Å². The monoisotopic (exact) mass is 375 g/mol. The number of hydrogen-bond acceptors (Lipinski definition) is 2. The molecule has 1 atom stereocenters. The van der Waals surface area contributed by atoms with E-state index in [9.17, 15) is 17.2 Å². The van der Waals surface area contributed by atoms with Crippen molar-refractivity contribution in [2.45, 2.75) is 17.9 Å². The second-order valence-electron chi connectivity index (χ2n) is 4.45. The van der Waals surface area contributed by atoms with E-state index in [4.69, 9.17) is 0 Å². The van der Waals surface area contributed by atoms with Crippen LogP contribution in [0.2, 0.25) is 0 Å².